The minimum Gasteiger partial charge on any atom is -0.351 e. The number of carbonyl (C=O) groups excluding carboxylic acids is 1. The van der Waals surface area contributed by atoms with Crippen LogP contribution in [0.5, 0.6) is 0 Å². The third-order valence-corrected chi connectivity index (χ3v) is 8.05. The van der Waals surface area contributed by atoms with E-state index in [1.165, 1.54) is 5.56 Å². The van der Waals surface area contributed by atoms with Crippen molar-refractivity contribution in [3.05, 3.63) is 106 Å². The Labute approximate surface area is 237 Å². The van der Waals surface area contributed by atoms with Crippen LogP contribution in [0.25, 0.3) is 5.69 Å². The number of hydrogen-bond acceptors (Lipinski definition) is 3. The number of hydrogen-bond donors (Lipinski definition) is 2. The summed E-state index contributed by atoms with van der Waals surface area (Å²) in [6.07, 6.45) is 2.25. The first kappa shape index (κ1) is 26.1. The van der Waals surface area contributed by atoms with Crippen molar-refractivity contribution in [1.29, 1.82) is 0 Å². The number of pyridine rings is 1. The lowest BCUT2D eigenvalue weighted by molar-refractivity contribution is -0.115. The van der Waals surface area contributed by atoms with Crippen LogP contribution >= 0.6 is 28.1 Å². The summed E-state index contributed by atoms with van der Waals surface area (Å²) in [5.41, 5.74) is 8.21. The topological polar surface area (TPSA) is 62.2 Å². The Kier molecular flexibility index (Phi) is 7.36. The molecule has 6 nitrogen and oxygen atoms in total. The minimum atomic E-state index is -0.142. The van der Waals surface area contributed by atoms with E-state index in [0.29, 0.717) is 11.5 Å². The monoisotopic (exact) mass is 587 g/mol. The van der Waals surface area contributed by atoms with Gasteiger partial charge in [0.2, 0.25) is 5.91 Å². The molecule has 8 heteroatoms. The van der Waals surface area contributed by atoms with Crippen molar-refractivity contribution < 1.29 is 4.79 Å². The molecule has 0 spiro atoms. The molecule has 2 atom stereocenters. The molecule has 1 aliphatic rings. The molecule has 3 heterocycles. The molecule has 2 aromatic carbocycles. The van der Waals surface area contributed by atoms with Crippen LogP contribution in [0.2, 0.25) is 0 Å². The van der Waals surface area contributed by atoms with Gasteiger partial charge in [0.05, 0.1) is 23.5 Å². The van der Waals surface area contributed by atoms with Crippen LogP contribution in [0.15, 0.2) is 77.4 Å². The second kappa shape index (κ2) is 10.7. The lowest BCUT2D eigenvalue weighted by Crippen LogP contribution is -2.29. The molecular formula is C30H30BrN5OS. The minimum absolute atomic E-state index is 0.00758. The van der Waals surface area contributed by atoms with Crippen LogP contribution < -0.4 is 15.5 Å². The van der Waals surface area contributed by atoms with E-state index in [4.69, 9.17) is 17.2 Å². The van der Waals surface area contributed by atoms with Gasteiger partial charge in [-0.2, -0.15) is 0 Å². The van der Waals surface area contributed by atoms with Gasteiger partial charge in [-0.05, 0) is 109 Å². The van der Waals surface area contributed by atoms with Gasteiger partial charge in [0.15, 0.2) is 5.11 Å². The highest BCUT2D eigenvalue weighted by Gasteiger charge is 2.42. The van der Waals surface area contributed by atoms with Crippen LogP contribution in [0.4, 0.5) is 11.4 Å². The van der Waals surface area contributed by atoms with E-state index in [0.717, 1.165) is 44.2 Å². The number of amides is 1. The fraction of sp³-hybridized carbons (Fsp3) is 0.233. The van der Waals surface area contributed by atoms with Crippen molar-refractivity contribution in [3.8, 4) is 5.69 Å². The largest absolute Gasteiger partial charge is 0.351 e. The summed E-state index contributed by atoms with van der Waals surface area (Å²) in [5.74, 6) is -0.00758. The SMILES string of the molecule is CCC(=O)Nc1ccc(N2C(=S)N[C@H](c3ccccn3)[C@H]2c2cc(C)n(-c3ccccc3Br)c2C)cc1C. The maximum absolute atomic E-state index is 12.0. The highest BCUT2D eigenvalue weighted by Crippen LogP contribution is 2.44. The first-order valence-electron chi connectivity index (χ1n) is 12.6. The molecular weight excluding hydrogens is 558 g/mol. The molecule has 0 unspecified atom stereocenters. The number of para-hydroxylation sites is 1. The Balaban J connectivity index is 1.64. The third kappa shape index (κ3) is 4.74. The highest BCUT2D eigenvalue weighted by atomic mass is 79.9. The number of nitrogens with zero attached hydrogens (tertiary/aromatic N) is 3. The Hall–Kier alpha value is -3.49. The fourth-order valence-corrected chi connectivity index (χ4v) is 6.02. The van der Waals surface area contributed by atoms with Gasteiger partial charge in [-0.25, -0.2) is 0 Å². The number of thiocarbonyl (C=S) groups is 1. The normalized spacial score (nSPS) is 17.0. The molecule has 4 aromatic rings. The summed E-state index contributed by atoms with van der Waals surface area (Å²) in [6, 6.07) is 22.3. The number of halogens is 1. The van der Waals surface area contributed by atoms with Crippen molar-refractivity contribution in [3.63, 3.8) is 0 Å². The molecule has 0 aliphatic carbocycles. The molecule has 0 saturated carbocycles. The zero-order valence-electron chi connectivity index (χ0n) is 21.8. The van der Waals surface area contributed by atoms with Crippen molar-refractivity contribution in [2.75, 3.05) is 10.2 Å². The highest BCUT2D eigenvalue weighted by molar-refractivity contribution is 9.10. The predicted molar refractivity (Wildman–Crippen MR) is 161 cm³/mol. The van der Waals surface area contributed by atoms with Crippen LogP contribution in [-0.4, -0.2) is 20.6 Å². The van der Waals surface area contributed by atoms with E-state index in [2.05, 4.69) is 80.2 Å². The molecule has 1 aliphatic heterocycles. The third-order valence-electron chi connectivity index (χ3n) is 7.06. The zero-order valence-corrected chi connectivity index (χ0v) is 24.2. The summed E-state index contributed by atoms with van der Waals surface area (Å²) >= 11 is 9.67. The van der Waals surface area contributed by atoms with E-state index in [1.54, 1.807) is 0 Å². The van der Waals surface area contributed by atoms with Crippen molar-refractivity contribution in [1.82, 2.24) is 14.9 Å². The maximum atomic E-state index is 12.0. The lowest BCUT2D eigenvalue weighted by Gasteiger charge is -2.29. The molecule has 2 aromatic heterocycles. The maximum Gasteiger partial charge on any atom is 0.224 e. The van der Waals surface area contributed by atoms with Crippen molar-refractivity contribution in [2.24, 2.45) is 0 Å². The number of benzene rings is 2. The standard InChI is InChI=1S/C30H30BrN5OS/c1-5-27(37)33-24-14-13-21(16-18(24)2)36-29(28(34-30(36)38)25-11-8-9-15-32-25)22-17-19(3)35(20(22)4)26-12-7-6-10-23(26)31/h6-17,28-29H,5H2,1-4H3,(H,33,37)(H,34,38)/t28-,29-/m1/s1. The van der Waals surface area contributed by atoms with Gasteiger partial charge in [-0.1, -0.05) is 25.1 Å². The Bertz CT molecular complexity index is 1520. The first-order chi connectivity index (χ1) is 18.3. The summed E-state index contributed by atoms with van der Waals surface area (Å²) < 4.78 is 3.31. The van der Waals surface area contributed by atoms with E-state index in [-0.39, 0.29) is 18.0 Å². The van der Waals surface area contributed by atoms with Gasteiger partial charge >= 0.3 is 0 Å². The van der Waals surface area contributed by atoms with E-state index in [9.17, 15) is 4.79 Å². The van der Waals surface area contributed by atoms with Gasteiger partial charge in [-0.3, -0.25) is 9.78 Å². The average molecular weight is 589 g/mol. The van der Waals surface area contributed by atoms with E-state index in [1.807, 2.05) is 56.4 Å². The van der Waals surface area contributed by atoms with Crippen LogP contribution in [0.3, 0.4) is 0 Å². The molecule has 38 heavy (non-hydrogen) atoms. The molecule has 1 fully saturated rings. The number of nitrogens with one attached hydrogen (secondary N) is 2. The smallest absolute Gasteiger partial charge is 0.224 e. The summed E-state index contributed by atoms with van der Waals surface area (Å²) in [5, 5.41) is 7.18. The van der Waals surface area contributed by atoms with Gasteiger partial charge in [0, 0.05) is 39.9 Å². The van der Waals surface area contributed by atoms with Crippen LogP contribution in [0.1, 0.15) is 53.6 Å². The first-order valence-corrected chi connectivity index (χ1v) is 13.8. The van der Waals surface area contributed by atoms with E-state index >= 15 is 0 Å². The fourth-order valence-electron chi connectivity index (χ4n) is 5.22. The average Bonchev–Trinajstić information content (AvgIpc) is 3.41. The summed E-state index contributed by atoms with van der Waals surface area (Å²) in [7, 11) is 0. The second-order valence-electron chi connectivity index (χ2n) is 9.51. The van der Waals surface area contributed by atoms with Gasteiger partial charge in [0.1, 0.15) is 0 Å². The zero-order chi connectivity index (χ0) is 27.0. The van der Waals surface area contributed by atoms with Gasteiger partial charge in [-0.15, -0.1) is 0 Å². The van der Waals surface area contributed by atoms with Crippen molar-refractivity contribution in [2.45, 2.75) is 46.2 Å². The number of anilines is 2. The van der Waals surface area contributed by atoms with Gasteiger partial charge in [0.25, 0.3) is 0 Å². The number of carbonyl (C=O) groups is 1. The number of aromatic nitrogens is 2. The van der Waals surface area contributed by atoms with E-state index < -0.39 is 0 Å². The van der Waals surface area contributed by atoms with Crippen LogP contribution in [0, 0.1) is 20.8 Å². The molecule has 2 N–H and O–H groups in total. The Morgan fingerprint density at radius 1 is 1.08 bits per heavy atom. The Morgan fingerprint density at radius 2 is 1.84 bits per heavy atom. The summed E-state index contributed by atoms with van der Waals surface area (Å²) in [6.45, 7) is 8.14. The molecule has 0 radical (unpaired) electrons. The molecule has 194 valence electrons. The quantitative estimate of drug-likeness (QED) is 0.236. The summed E-state index contributed by atoms with van der Waals surface area (Å²) in [4.78, 5) is 18.9. The molecule has 5 rings (SSSR count). The molecule has 1 amide bonds. The second-order valence-corrected chi connectivity index (χ2v) is 10.8. The lowest BCUT2D eigenvalue weighted by atomic mass is 9.96. The van der Waals surface area contributed by atoms with Gasteiger partial charge < -0.3 is 20.1 Å². The molecule has 0 bridgehead atoms. The predicted octanol–water partition coefficient (Wildman–Crippen LogP) is 7.09. The Morgan fingerprint density at radius 3 is 2.53 bits per heavy atom. The molecule has 1 saturated heterocycles. The number of rotatable bonds is 6. The van der Waals surface area contributed by atoms with Crippen molar-refractivity contribution >= 4 is 50.5 Å². The number of aryl methyl sites for hydroxylation is 2. The van der Waals surface area contributed by atoms with Crippen LogP contribution in [-0.2, 0) is 4.79 Å².